The highest BCUT2D eigenvalue weighted by Gasteiger charge is 1.92. The van der Waals surface area contributed by atoms with E-state index < -0.39 is 0 Å². The maximum Gasteiger partial charge on any atom is 0.0590 e. The zero-order valence-corrected chi connectivity index (χ0v) is 9.44. The summed E-state index contributed by atoms with van der Waals surface area (Å²) in [5.74, 6) is 0.736. The monoisotopic (exact) mass is 187 g/mol. The van der Waals surface area contributed by atoms with Crippen LogP contribution in [0, 0.1) is 5.92 Å². The fourth-order valence-electron chi connectivity index (χ4n) is 1.09. The minimum atomic E-state index is 0.736. The molecule has 1 N–H and O–H groups in total. The van der Waals surface area contributed by atoms with Gasteiger partial charge in [0.05, 0.1) is 6.61 Å². The van der Waals surface area contributed by atoms with Gasteiger partial charge in [-0.3, -0.25) is 0 Å². The molecule has 0 fully saturated rings. The van der Waals surface area contributed by atoms with E-state index in [0.29, 0.717) is 0 Å². The molecule has 0 aromatic rings. The SMILES string of the molecule is CCCCCOCCNCC(C)C. The van der Waals surface area contributed by atoms with Gasteiger partial charge in [0.1, 0.15) is 0 Å². The standard InChI is InChI=1S/C11H25NO/c1-4-5-6-8-13-9-7-12-10-11(2)3/h11-12H,4-10H2,1-3H3. The third kappa shape index (κ3) is 11.9. The van der Waals surface area contributed by atoms with E-state index in [0.717, 1.165) is 32.2 Å². The predicted molar refractivity (Wildman–Crippen MR) is 58.1 cm³/mol. The number of unbranched alkanes of at least 4 members (excludes halogenated alkanes) is 2. The second kappa shape index (κ2) is 10.0. The summed E-state index contributed by atoms with van der Waals surface area (Å²) in [6, 6.07) is 0. The molecule has 0 atom stereocenters. The smallest absolute Gasteiger partial charge is 0.0590 e. The molecule has 0 saturated carbocycles. The molecule has 2 heteroatoms. The topological polar surface area (TPSA) is 21.3 Å². The molecule has 13 heavy (non-hydrogen) atoms. The Labute approximate surface area is 83.1 Å². The average Bonchev–Trinajstić information content (AvgIpc) is 2.09. The number of ether oxygens (including phenoxy) is 1. The quantitative estimate of drug-likeness (QED) is 0.560. The zero-order chi connectivity index (χ0) is 9.94. The number of hydrogen-bond acceptors (Lipinski definition) is 2. The molecule has 0 bridgehead atoms. The molecule has 0 aliphatic heterocycles. The summed E-state index contributed by atoms with van der Waals surface area (Å²) in [6.07, 6.45) is 3.77. The third-order valence-corrected chi connectivity index (χ3v) is 1.87. The van der Waals surface area contributed by atoms with Crippen LogP contribution in [0.15, 0.2) is 0 Å². The lowest BCUT2D eigenvalue weighted by Crippen LogP contribution is -2.24. The summed E-state index contributed by atoms with van der Waals surface area (Å²) in [5.41, 5.74) is 0. The van der Waals surface area contributed by atoms with E-state index in [1.807, 2.05) is 0 Å². The van der Waals surface area contributed by atoms with E-state index in [1.165, 1.54) is 19.3 Å². The second-order valence-electron chi connectivity index (χ2n) is 3.92. The summed E-state index contributed by atoms with van der Waals surface area (Å²) in [4.78, 5) is 0. The summed E-state index contributed by atoms with van der Waals surface area (Å²) >= 11 is 0. The first-order valence-corrected chi connectivity index (χ1v) is 5.55. The Morgan fingerprint density at radius 2 is 1.92 bits per heavy atom. The van der Waals surface area contributed by atoms with E-state index in [1.54, 1.807) is 0 Å². The van der Waals surface area contributed by atoms with E-state index in [9.17, 15) is 0 Å². The van der Waals surface area contributed by atoms with Gasteiger partial charge in [0.2, 0.25) is 0 Å². The molecule has 80 valence electrons. The highest BCUT2D eigenvalue weighted by molar-refractivity contribution is 4.49. The molecule has 2 nitrogen and oxygen atoms in total. The molecule has 0 aliphatic carbocycles. The van der Waals surface area contributed by atoms with Crippen molar-refractivity contribution in [3.05, 3.63) is 0 Å². The first-order chi connectivity index (χ1) is 6.27. The van der Waals surface area contributed by atoms with Crippen LogP contribution in [0.4, 0.5) is 0 Å². The van der Waals surface area contributed by atoms with Gasteiger partial charge in [-0.15, -0.1) is 0 Å². The summed E-state index contributed by atoms with van der Waals surface area (Å²) < 4.78 is 5.46. The van der Waals surface area contributed by atoms with Gasteiger partial charge in [0, 0.05) is 13.2 Å². The number of rotatable bonds is 9. The van der Waals surface area contributed by atoms with Crippen molar-refractivity contribution in [2.45, 2.75) is 40.0 Å². The molecule has 0 spiro atoms. The van der Waals surface area contributed by atoms with Gasteiger partial charge in [0.25, 0.3) is 0 Å². The molecule has 0 saturated heterocycles. The van der Waals surface area contributed by atoms with Gasteiger partial charge in [0.15, 0.2) is 0 Å². The van der Waals surface area contributed by atoms with Crippen molar-refractivity contribution in [1.29, 1.82) is 0 Å². The molecule has 0 aromatic heterocycles. The van der Waals surface area contributed by atoms with E-state index >= 15 is 0 Å². The van der Waals surface area contributed by atoms with Crippen LogP contribution >= 0.6 is 0 Å². The molecular weight excluding hydrogens is 162 g/mol. The number of nitrogens with one attached hydrogen (secondary N) is 1. The van der Waals surface area contributed by atoms with Crippen LogP contribution < -0.4 is 5.32 Å². The van der Waals surface area contributed by atoms with Crippen LogP contribution in [0.25, 0.3) is 0 Å². The van der Waals surface area contributed by atoms with Crippen LogP contribution in [0.1, 0.15) is 40.0 Å². The van der Waals surface area contributed by atoms with E-state index in [-0.39, 0.29) is 0 Å². The average molecular weight is 187 g/mol. The largest absolute Gasteiger partial charge is 0.380 e. The van der Waals surface area contributed by atoms with Crippen molar-refractivity contribution in [3.8, 4) is 0 Å². The minimum absolute atomic E-state index is 0.736. The van der Waals surface area contributed by atoms with Gasteiger partial charge < -0.3 is 10.1 Å². The third-order valence-electron chi connectivity index (χ3n) is 1.87. The lowest BCUT2D eigenvalue weighted by Gasteiger charge is -2.07. The fourth-order valence-corrected chi connectivity index (χ4v) is 1.09. The summed E-state index contributed by atoms with van der Waals surface area (Å²) in [6.45, 7) is 10.5. The van der Waals surface area contributed by atoms with Gasteiger partial charge in [-0.05, 0) is 18.9 Å². The molecule has 0 aliphatic rings. The maximum atomic E-state index is 5.46. The van der Waals surface area contributed by atoms with Gasteiger partial charge in [-0.1, -0.05) is 33.6 Å². The van der Waals surface area contributed by atoms with Crippen LogP contribution in [0.3, 0.4) is 0 Å². The molecule has 0 amide bonds. The number of hydrogen-bond donors (Lipinski definition) is 1. The maximum absolute atomic E-state index is 5.46. The van der Waals surface area contributed by atoms with Crippen LogP contribution in [0.5, 0.6) is 0 Å². The minimum Gasteiger partial charge on any atom is -0.380 e. The lowest BCUT2D eigenvalue weighted by atomic mass is 10.2. The molecule has 0 heterocycles. The second-order valence-corrected chi connectivity index (χ2v) is 3.92. The molecule has 0 rings (SSSR count). The van der Waals surface area contributed by atoms with Crippen molar-refractivity contribution in [2.75, 3.05) is 26.3 Å². The Balaban J connectivity index is 2.84. The van der Waals surface area contributed by atoms with Gasteiger partial charge >= 0.3 is 0 Å². The lowest BCUT2D eigenvalue weighted by molar-refractivity contribution is 0.131. The first-order valence-electron chi connectivity index (χ1n) is 5.55. The van der Waals surface area contributed by atoms with Crippen LogP contribution in [0.2, 0.25) is 0 Å². The van der Waals surface area contributed by atoms with E-state index in [2.05, 4.69) is 26.1 Å². The van der Waals surface area contributed by atoms with Crippen LogP contribution in [-0.4, -0.2) is 26.3 Å². The Morgan fingerprint density at radius 1 is 1.15 bits per heavy atom. The van der Waals surface area contributed by atoms with Crippen molar-refractivity contribution in [2.24, 2.45) is 5.92 Å². The van der Waals surface area contributed by atoms with Gasteiger partial charge in [-0.2, -0.15) is 0 Å². The zero-order valence-electron chi connectivity index (χ0n) is 9.44. The highest BCUT2D eigenvalue weighted by atomic mass is 16.5. The molecule has 0 radical (unpaired) electrons. The van der Waals surface area contributed by atoms with Crippen molar-refractivity contribution in [1.82, 2.24) is 5.32 Å². The first kappa shape index (κ1) is 12.9. The summed E-state index contributed by atoms with van der Waals surface area (Å²) in [5, 5.41) is 3.35. The van der Waals surface area contributed by atoms with Crippen molar-refractivity contribution in [3.63, 3.8) is 0 Å². The Morgan fingerprint density at radius 3 is 2.54 bits per heavy atom. The predicted octanol–water partition coefficient (Wildman–Crippen LogP) is 2.44. The Hall–Kier alpha value is -0.0800. The highest BCUT2D eigenvalue weighted by Crippen LogP contribution is 1.93. The van der Waals surface area contributed by atoms with Crippen LogP contribution in [-0.2, 0) is 4.74 Å². The molecule has 0 aromatic carbocycles. The normalized spacial score (nSPS) is 11.1. The van der Waals surface area contributed by atoms with Crippen molar-refractivity contribution >= 4 is 0 Å². The summed E-state index contributed by atoms with van der Waals surface area (Å²) in [7, 11) is 0. The Bertz CT molecular complexity index is 94.1. The Kier molecular flexibility index (Phi) is 9.94. The molecule has 0 unspecified atom stereocenters. The van der Waals surface area contributed by atoms with Gasteiger partial charge in [-0.25, -0.2) is 0 Å². The van der Waals surface area contributed by atoms with E-state index in [4.69, 9.17) is 4.74 Å². The van der Waals surface area contributed by atoms with Crippen molar-refractivity contribution < 1.29 is 4.74 Å². The fraction of sp³-hybridized carbons (Fsp3) is 1.00. The molecular formula is C11H25NO.